The number of Topliss-reactive ketones (excluding diaryl/α,β-unsaturated/α-hetero) is 1. The SMILES string of the molecule is Br.CCOC(=O)Nc1cc(N)c([N+](=O)[O-])c(NCC(C)=O)n1. The van der Waals surface area contributed by atoms with Crippen LogP contribution < -0.4 is 16.4 Å². The number of amides is 1. The first-order valence-electron chi connectivity index (χ1n) is 5.97. The van der Waals surface area contributed by atoms with Gasteiger partial charge in [0, 0.05) is 6.07 Å². The summed E-state index contributed by atoms with van der Waals surface area (Å²) >= 11 is 0. The third kappa shape index (κ3) is 5.52. The number of hydrogen-bond donors (Lipinski definition) is 3. The van der Waals surface area contributed by atoms with Crippen molar-refractivity contribution in [1.29, 1.82) is 0 Å². The predicted molar refractivity (Wildman–Crippen MR) is 85.4 cm³/mol. The second kappa shape index (κ2) is 8.77. The van der Waals surface area contributed by atoms with E-state index >= 15 is 0 Å². The highest BCUT2D eigenvalue weighted by Gasteiger charge is 2.22. The lowest BCUT2D eigenvalue weighted by Crippen LogP contribution is -2.17. The van der Waals surface area contributed by atoms with Crippen molar-refractivity contribution >= 4 is 51.9 Å². The van der Waals surface area contributed by atoms with E-state index in [9.17, 15) is 19.7 Å². The van der Waals surface area contributed by atoms with Crippen LogP contribution in [0.15, 0.2) is 6.07 Å². The van der Waals surface area contributed by atoms with Gasteiger partial charge >= 0.3 is 11.8 Å². The summed E-state index contributed by atoms with van der Waals surface area (Å²) in [5.74, 6) is -0.474. The standard InChI is InChI=1S/C11H15N5O5.BrH/c1-3-21-11(18)15-8-4-7(12)9(16(19)20)10(14-8)13-5-6(2)17;/h4H,3,5H2,1-2H3,(H4,12,13,14,15,18);1H. The van der Waals surface area contributed by atoms with Crippen LogP contribution in [0.4, 0.5) is 27.8 Å². The Morgan fingerprint density at radius 2 is 2.14 bits per heavy atom. The van der Waals surface area contributed by atoms with Gasteiger partial charge in [-0.15, -0.1) is 17.0 Å². The summed E-state index contributed by atoms with van der Waals surface area (Å²) in [6.45, 7) is 2.93. The molecule has 0 radical (unpaired) electrons. The van der Waals surface area contributed by atoms with Gasteiger partial charge in [-0.25, -0.2) is 9.78 Å². The molecular formula is C11H16BrN5O5. The molecule has 1 aromatic heterocycles. The summed E-state index contributed by atoms with van der Waals surface area (Å²) in [6.07, 6.45) is -0.768. The summed E-state index contributed by atoms with van der Waals surface area (Å²) in [4.78, 5) is 36.3. The average Bonchev–Trinajstić information content (AvgIpc) is 2.35. The average molecular weight is 378 g/mol. The number of rotatable bonds is 6. The molecular weight excluding hydrogens is 362 g/mol. The number of nitrogens with zero attached hydrogens (tertiary/aromatic N) is 2. The molecule has 0 aliphatic carbocycles. The number of carbonyl (C=O) groups is 2. The third-order valence-electron chi connectivity index (χ3n) is 2.22. The molecule has 0 saturated heterocycles. The molecule has 0 unspecified atom stereocenters. The second-order valence-electron chi connectivity index (χ2n) is 3.95. The van der Waals surface area contributed by atoms with Crippen LogP contribution in [-0.4, -0.2) is 34.9 Å². The van der Waals surface area contributed by atoms with Gasteiger partial charge in [-0.3, -0.25) is 20.2 Å². The normalized spacial score (nSPS) is 9.36. The van der Waals surface area contributed by atoms with E-state index in [0.29, 0.717) is 0 Å². The summed E-state index contributed by atoms with van der Waals surface area (Å²) in [5.41, 5.74) is 4.91. The Balaban J connectivity index is 0.00000441. The van der Waals surface area contributed by atoms with Crippen molar-refractivity contribution in [1.82, 2.24) is 4.98 Å². The zero-order valence-corrected chi connectivity index (χ0v) is 13.6. The van der Waals surface area contributed by atoms with Gasteiger partial charge in [0.2, 0.25) is 5.82 Å². The molecule has 122 valence electrons. The fourth-order valence-electron chi connectivity index (χ4n) is 1.42. The smallest absolute Gasteiger partial charge is 0.412 e. The minimum absolute atomic E-state index is 0. The number of aromatic nitrogens is 1. The number of nitrogen functional groups attached to an aromatic ring is 1. The van der Waals surface area contributed by atoms with Gasteiger partial charge in [0.25, 0.3) is 0 Å². The highest BCUT2D eigenvalue weighted by molar-refractivity contribution is 8.93. The van der Waals surface area contributed by atoms with Crippen molar-refractivity contribution in [3.05, 3.63) is 16.2 Å². The summed E-state index contributed by atoms with van der Waals surface area (Å²) in [5, 5.41) is 15.8. The van der Waals surface area contributed by atoms with E-state index in [2.05, 4.69) is 20.4 Å². The fourth-order valence-corrected chi connectivity index (χ4v) is 1.42. The van der Waals surface area contributed by atoms with Crippen molar-refractivity contribution in [3.63, 3.8) is 0 Å². The van der Waals surface area contributed by atoms with E-state index in [1.54, 1.807) is 6.92 Å². The molecule has 0 bridgehead atoms. The Bertz CT molecular complexity index is 580. The van der Waals surface area contributed by atoms with Crippen molar-refractivity contribution in [2.45, 2.75) is 13.8 Å². The van der Waals surface area contributed by atoms with E-state index < -0.39 is 16.7 Å². The Morgan fingerprint density at radius 3 is 2.64 bits per heavy atom. The van der Waals surface area contributed by atoms with Gasteiger partial charge < -0.3 is 15.8 Å². The Hall–Kier alpha value is -2.43. The number of ether oxygens (including phenoxy) is 1. The molecule has 10 nitrogen and oxygen atoms in total. The van der Waals surface area contributed by atoms with E-state index in [1.165, 1.54) is 6.92 Å². The maximum atomic E-state index is 11.3. The molecule has 0 atom stereocenters. The topological polar surface area (TPSA) is 149 Å². The fraction of sp³-hybridized carbons (Fsp3) is 0.364. The van der Waals surface area contributed by atoms with Gasteiger partial charge in [-0.1, -0.05) is 0 Å². The predicted octanol–water partition coefficient (Wildman–Crippen LogP) is 1.72. The van der Waals surface area contributed by atoms with Gasteiger partial charge in [0.15, 0.2) is 0 Å². The number of hydrogen-bond acceptors (Lipinski definition) is 8. The quantitative estimate of drug-likeness (QED) is 0.500. The molecule has 0 fully saturated rings. The maximum Gasteiger partial charge on any atom is 0.412 e. The number of ketones is 1. The first kappa shape index (κ1) is 19.6. The number of anilines is 3. The number of nitro groups is 1. The molecule has 0 aliphatic heterocycles. The number of pyridine rings is 1. The van der Waals surface area contributed by atoms with Crippen LogP contribution in [0, 0.1) is 10.1 Å². The molecule has 1 rings (SSSR count). The molecule has 11 heteroatoms. The molecule has 1 amide bonds. The molecule has 1 aromatic rings. The maximum absolute atomic E-state index is 11.3. The number of carbonyl (C=O) groups excluding carboxylic acids is 2. The van der Waals surface area contributed by atoms with Crippen molar-refractivity contribution in [2.24, 2.45) is 0 Å². The lowest BCUT2D eigenvalue weighted by atomic mass is 10.3. The monoisotopic (exact) mass is 377 g/mol. The molecule has 0 aromatic carbocycles. The summed E-state index contributed by atoms with van der Waals surface area (Å²) < 4.78 is 4.66. The lowest BCUT2D eigenvalue weighted by Gasteiger charge is -2.10. The van der Waals surface area contributed by atoms with Crippen molar-refractivity contribution in [2.75, 3.05) is 29.5 Å². The molecule has 1 heterocycles. The van der Waals surface area contributed by atoms with Gasteiger partial charge in [-0.05, 0) is 13.8 Å². The number of halogens is 1. The van der Waals surface area contributed by atoms with Crippen LogP contribution in [-0.2, 0) is 9.53 Å². The van der Waals surface area contributed by atoms with Crippen LogP contribution >= 0.6 is 17.0 Å². The molecule has 0 saturated carbocycles. The first-order chi connectivity index (χ1) is 9.85. The minimum atomic E-state index is -0.768. The molecule has 0 aliphatic rings. The first-order valence-corrected chi connectivity index (χ1v) is 5.97. The van der Waals surface area contributed by atoms with Crippen LogP contribution in [0.3, 0.4) is 0 Å². The van der Waals surface area contributed by atoms with Crippen molar-refractivity contribution < 1.29 is 19.2 Å². The molecule has 0 spiro atoms. The zero-order chi connectivity index (χ0) is 16.0. The third-order valence-corrected chi connectivity index (χ3v) is 2.22. The highest BCUT2D eigenvalue weighted by atomic mass is 79.9. The lowest BCUT2D eigenvalue weighted by molar-refractivity contribution is -0.383. The molecule has 22 heavy (non-hydrogen) atoms. The zero-order valence-electron chi connectivity index (χ0n) is 11.9. The van der Waals surface area contributed by atoms with Crippen LogP contribution in [0.2, 0.25) is 0 Å². The van der Waals surface area contributed by atoms with E-state index in [4.69, 9.17) is 5.73 Å². The molecule has 4 N–H and O–H groups in total. The van der Waals surface area contributed by atoms with Gasteiger partial charge in [-0.2, -0.15) is 0 Å². The van der Waals surface area contributed by atoms with Gasteiger partial charge in [0.1, 0.15) is 17.3 Å². The largest absolute Gasteiger partial charge is 0.450 e. The van der Waals surface area contributed by atoms with E-state index in [0.717, 1.165) is 6.07 Å². The summed E-state index contributed by atoms with van der Waals surface area (Å²) in [7, 11) is 0. The van der Waals surface area contributed by atoms with Gasteiger partial charge in [0.05, 0.1) is 18.1 Å². The summed E-state index contributed by atoms with van der Waals surface area (Å²) in [6, 6.07) is 1.13. The van der Waals surface area contributed by atoms with Crippen LogP contribution in [0.25, 0.3) is 0 Å². The van der Waals surface area contributed by atoms with Crippen LogP contribution in [0.1, 0.15) is 13.8 Å². The van der Waals surface area contributed by atoms with E-state index in [-0.39, 0.29) is 53.2 Å². The highest BCUT2D eigenvalue weighted by Crippen LogP contribution is 2.31. The Morgan fingerprint density at radius 1 is 1.50 bits per heavy atom. The number of nitrogens with two attached hydrogens (primary N) is 1. The Kier molecular flexibility index (Phi) is 7.80. The van der Waals surface area contributed by atoms with Crippen LogP contribution in [0.5, 0.6) is 0 Å². The minimum Gasteiger partial charge on any atom is -0.450 e. The van der Waals surface area contributed by atoms with E-state index in [1.807, 2.05) is 0 Å². The Labute approximate surface area is 136 Å². The van der Waals surface area contributed by atoms with Crippen molar-refractivity contribution in [3.8, 4) is 0 Å². The second-order valence-corrected chi connectivity index (χ2v) is 3.95. The number of nitrogens with one attached hydrogen (secondary N) is 2.